The van der Waals surface area contributed by atoms with Gasteiger partial charge in [-0.05, 0) is 80.5 Å². The number of aliphatic hydroxyl groups excluding tert-OH is 1. The molecule has 28 heavy (non-hydrogen) atoms. The molecule has 5 nitrogen and oxygen atoms in total. The molecule has 2 atom stereocenters. The van der Waals surface area contributed by atoms with Gasteiger partial charge in [0.1, 0.15) is 10.8 Å². The Bertz CT molecular complexity index is 776. The normalized spacial score (nSPS) is 13.7. The van der Waals surface area contributed by atoms with Crippen molar-refractivity contribution in [3.8, 4) is 0 Å². The molecule has 0 radical (unpaired) electrons. The molecule has 0 bridgehead atoms. The van der Waals surface area contributed by atoms with Crippen LogP contribution in [0.1, 0.15) is 44.9 Å². The standard InChI is InChI=1S/C21H26ClIN2O3/c1-14(11-15-5-8-17(23)9-6-15)25(20(27)28-21(2,3)4)13-18(26)16-7-10-19(22)24-12-16/h5-10,12,14,18,26H,11,13H2,1-4H3/t14-,18+/m1/s1. The summed E-state index contributed by atoms with van der Waals surface area (Å²) in [6.45, 7) is 7.53. The maximum Gasteiger partial charge on any atom is 0.410 e. The van der Waals surface area contributed by atoms with Crippen molar-refractivity contribution in [3.63, 3.8) is 0 Å². The molecule has 152 valence electrons. The summed E-state index contributed by atoms with van der Waals surface area (Å²) in [5.41, 5.74) is 1.09. The van der Waals surface area contributed by atoms with Gasteiger partial charge in [-0.3, -0.25) is 0 Å². The van der Waals surface area contributed by atoms with Gasteiger partial charge in [-0.2, -0.15) is 0 Å². The molecule has 1 amide bonds. The molecule has 1 heterocycles. The Labute approximate surface area is 185 Å². The molecule has 0 aliphatic heterocycles. The number of nitrogens with zero attached hydrogens (tertiary/aromatic N) is 2. The summed E-state index contributed by atoms with van der Waals surface area (Å²) >= 11 is 8.08. The topological polar surface area (TPSA) is 62.7 Å². The zero-order chi connectivity index (χ0) is 20.9. The van der Waals surface area contributed by atoms with Crippen LogP contribution in [0.15, 0.2) is 42.6 Å². The van der Waals surface area contributed by atoms with E-state index in [1.807, 2.05) is 52.0 Å². The SMILES string of the molecule is C[C@H](Cc1ccc(I)cc1)N(C[C@H](O)c1ccc(Cl)nc1)C(=O)OC(C)(C)C. The highest BCUT2D eigenvalue weighted by Gasteiger charge is 2.28. The zero-order valence-electron chi connectivity index (χ0n) is 16.5. The minimum atomic E-state index is -0.892. The summed E-state index contributed by atoms with van der Waals surface area (Å²) in [4.78, 5) is 18.4. The first-order valence-corrected chi connectivity index (χ1v) is 10.5. The van der Waals surface area contributed by atoms with Gasteiger partial charge in [0.2, 0.25) is 0 Å². The van der Waals surface area contributed by atoms with E-state index in [1.54, 1.807) is 17.0 Å². The van der Waals surface area contributed by atoms with Crippen LogP contribution in [0, 0.1) is 3.57 Å². The van der Waals surface area contributed by atoms with Gasteiger partial charge >= 0.3 is 6.09 Å². The average Bonchev–Trinajstić information content (AvgIpc) is 2.60. The number of benzene rings is 1. The second kappa shape index (κ2) is 9.89. The molecule has 0 fully saturated rings. The molecule has 1 aromatic heterocycles. The van der Waals surface area contributed by atoms with E-state index in [0.29, 0.717) is 17.1 Å². The van der Waals surface area contributed by atoms with Crippen LogP contribution in [0.4, 0.5) is 4.79 Å². The van der Waals surface area contributed by atoms with E-state index in [4.69, 9.17) is 16.3 Å². The third kappa shape index (κ3) is 7.22. The number of carbonyl (C=O) groups excluding carboxylic acids is 1. The van der Waals surface area contributed by atoms with Gasteiger partial charge in [-0.15, -0.1) is 0 Å². The Morgan fingerprint density at radius 1 is 1.25 bits per heavy atom. The van der Waals surface area contributed by atoms with E-state index in [1.165, 1.54) is 6.20 Å². The third-order valence-corrected chi connectivity index (χ3v) is 5.05. The number of pyridine rings is 1. The summed E-state index contributed by atoms with van der Waals surface area (Å²) in [5, 5.41) is 11.0. The maximum atomic E-state index is 12.8. The summed E-state index contributed by atoms with van der Waals surface area (Å²) in [7, 11) is 0. The first kappa shape index (κ1) is 22.9. The average molecular weight is 517 g/mol. The van der Waals surface area contributed by atoms with E-state index < -0.39 is 17.8 Å². The second-order valence-electron chi connectivity index (χ2n) is 7.74. The summed E-state index contributed by atoms with van der Waals surface area (Å²) in [5.74, 6) is 0. The molecule has 2 rings (SSSR count). The van der Waals surface area contributed by atoms with Crippen LogP contribution < -0.4 is 0 Å². The van der Waals surface area contributed by atoms with Crippen LogP contribution >= 0.6 is 34.2 Å². The minimum Gasteiger partial charge on any atom is -0.444 e. The van der Waals surface area contributed by atoms with Crippen LogP contribution in [0.3, 0.4) is 0 Å². The molecule has 0 aliphatic carbocycles. The molecule has 1 aromatic carbocycles. The molecule has 2 aromatic rings. The molecular weight excluding hydrogens is 491 g/mol. The zero-order valence-corrected chi connectivity index (χ0v) is 19.4. The monoisotopic (exact) mass is 516 g/mol. The second-order valence-corrected chi connectivity index (χ2v) is 9.38. The predicted octanol–water partition coefficient (Wildman–Crippen LogP) is 5.24. The number of hydrogen-bond donors (Lipinski definition) is 1. The quantitative estimate of drug-likeness (QED) is 0.421. The fraction of sp³-hybridized carbons (Fsp3) is 0.429. The molecule has 0 aliphatic rings. The number of aliphatic hydroxyl groups is 1. The largest absolute Gasteiger partial charge is 0.444 e. The number of hydrogen-bond acceptors (Lipinski definition) is 4. The van der Waals surface area contributed by atoms with E-state index in [2.05, 4.69) is 27.6 Å². The van der Waals surface area contributed by atoms with Crippen molar-refractivity contribution in [1.82, 2.24) is 9.88 Å². The molecule has 0 saturated heterocycles. The van der Waals surface area contributed by atoms with Gasteiger partial charge in [0, 0.05) is 21.4 Å². The lowest BCUT2D eigenvalue weighted by Crippen LogP contribution is -2.45. The summed E-state index contributed by atoms with van der Waals surface area (Å²) < 4.78 is 6.73. The summed E-state index contributed by atoms with van der Waals surface area (Å²) in [6.07, 6.45) is 0.828. The highest BCUT2D eigenvalue weighted by molar-refractivity contribution is 14.1. The Morgan fingerprint density at radius 3 is 2.43 bits per heavy atom. The number of halogens is 2. The third-order valence-electron chi connectivity index (χ3n) is 4.11. The van der Waals surface area contributed by atoms with E-state index in [0.717, 1.165) is 9.13 Å². The smallest absolute Gasteiger partial charge is 0.410 e. The van der Waals surface area contributed by atoms with Gasteiger partial charge in [0.05, 0.1) is 12.6 Å². The van der Waals surface area contributed by atoms with E-state index in [-0.39, 0.29) is 12.6 Å². The molecule has 7 heteroatoms. The van der Waals surface area contributed by atoms with Crippen molar-refractivity contribution in [2.24, 2.45) is 0 Å². The van der Waals surface area contributed by atoms with E-state index >= 15 is 0 Å². The van der Waals surface area contributed by atoms with Gasteiger partial charge in [0.15, 0.2) is 0 Å². The van der Waals surface area contributed by atoms with Crippen LogP contribution in [-0.2, 0) is 11.2 Å². The number of amides is 1. The van der Waals surface area contributed by atoms with Crippen molar-refractivity contribution in [3.05, 3.63) is 62.4 Å². The van der Waals surface area contributed by atoms with Crippen LogP contribution in [0.5, 0.6) is 0 Å². The number of aromatic nitrogens is 1. The molecular formula is C21H26ClIN2O3. The molecule has 0 unspecified atom stereocenters. The molecule has 0 spiro atoms. The van der Waals surface area contributed by atoms with E-state index in [9.17, 15) is 9.90 Å². The Balaban J connectivity index is 2.18. The van der Waals surface area contributed by atoms with Gasteiger partial charge in [-0.1, -0.05) is 29.8 Å². The fourth-order valence-electron chi connectivity index (χ4n) is 2.70. The lowest BCUT2D eigenvalue weighted by Gasteiger charge is -2.33. The first-order valence-electron chi connectivity index (χ1n) is 9.09. The molecule has 1 N–H and O–H groups in total. The lowest BCUT2D eigenvalue weighted by atomic mass is 10.0. The summed E-state index contributed by atoms with van der Waals surface area (Å²) in [6, 6.07) is 11.3. The predicted molar refractivity (Wildman–Crippen MR) is 119 cm³/mol. The van der Waals surface area contributed by atoms with Crippen molar-refractivity contribution in [2.75, 3.05) is 6.54 Å². The van der Waals surface area contributed by atoms with Crippen molar-refractivity contribution < 1.29 is 14.6 Å². The van der Waals surface area contributed by atoms with Crippen molar-refractivity contribution in [1.29, 1.82) is 0 Å². The van der Waals surface area contributed by atoms with Crippen molar-refractivity contribution >= 4 is 40.3 Å². The van der Waals surface area contributed by atoms with Gasteiger partial charge < -0.3 is 14.7 Å². The first-order chi connectivity index (χ1) is 13.0. The van der Waals surface area contributed by atoms with Gasteiger partial charge in [-0.25, -0.2) is 9.78 Å². The van der Waals surface area contributed by atoms with Gasteiger partial charge in [0.25, 0.3) is 0 Å². The Kier molecular flexibility index (Phi) is 8.09. The number of rotatable bonds is 6. The van der Waals surface area contributed by atoms with Crippen molar-refractivity contribution in [2.45, 2.75) is 51.9 Å². The fourth-order valence-corrected chi connectivity index (χ4v) is 3.17. The minimum absolute atomic E-state index is 0.101. The lowest BCUT2D eigenvalue weighted by molar-refractivity contribution is 0.00544. The van der Waals surface area contributed by atoms with Crippen LogP contribution in [0.25, 0.3) is 0 Å². The Hall–Kier alpha value is -1.38. The van der Waals surface area contributed by atoms with Crippen LogP contribution in [0.2, 0.25) is 5.15 Å². The maximum absolute atomic E-state index is 12.8. The number of ether oxygens (including phenoxy) is 1. The highest BCUT2D eigenvalue weighted by atomic mass is 127. The van der Waals surface area contributed by atoms with Crippen LogP contribution in [-0.4, -0.2) is 39.3 Å². The molecule has 0 saturated carbocycles. The number of carbonyl (C=O) groups is 1. The highest BCUT2D eigenvalue weighted by Crippen LogP contribution is 2.21. The Morgan fingerprint density at radius 2 is 1.89 bits per heavy atom.